The molecule has 27 heavy (non-hydrogen) atoms. The lowest BCUT2D eigenvalue weighted by atomic mass is 9.48. The predicted octanol–water partition coefficient (Wildman–Crippen LogP) is 5.30. The Morgan fingerprint density at radius 3 is 2.48 bits per heavy atom. The molecule has 4 aliphatic carbocycles. The van der Waals surface area contributed by atoms with E-state index in [-0.39, 0.29) is 11.2 Å². The molecule has 4 fully saturated rings. The molecule has 6 rings (SSSR count). The van der Waals surface area contributed by atoms with Crippen LogP contribution >= 0.6 is 23.1 Å². The van der Waals surface area contributed by atoms with Gasteiger partial charge in [-0.15, -0.1) is 10.2 Å². The van der Waals surface area contributed by atoms with Crippen molar-refractivity contribution in [2.75, 3.05) is 11.1 Å². The summed E-state index contributed by atoms with van der Waals surface area (Å²) in [5.74, 6) is 2.90. The molecule has 0 amide bonds. The number of nitrogens with zero attached hydrogens (tertiary/aromatic N) is 2. The Morgan fingerprint density at radius 2 is 1.81 bits per heavy atom. The summed E-state index contributed by atoms with van der Waals surface area (Å²) in [6.45, 7) is 0. The van der Waals surface area contributed by atoms with E-state index in [9.17, 15) is 9.18 Å². The molecule has 0 saturated heterocycles. The highest BCUT2D eigenvalue weighted by molar-refractivity contribution is 8.01. The van der Waals surface area contributed by atoms with Gasteiger partial charge in [0.05, 0.1) is 11.4 Å². The van der Waals surface area contributed by atoms with Gasteiger partial charge in [0.2, 0.25) is 5.13 Å². The molecule has 4 nitrogen and oxygen atoms in total. The molecule has 0 aliphatic heterocycles. The van der Waals surface area contributed by atoms with Crippen LogP contribution in [0.15, 0.2) is 28.6 Å². The van der Waals surface area contributed by atoms with E-state index in [1.54, 1.807) is 18.2 Å². The van der Waals surface area contributed by atoms with E-state index in [1.165, 1.54) is 48.4 Å². The van der Waals surface area contributed by atoms with Crippen molar-refractivity contribution < 1.29 is 9.18 Å². The van der Waals surface area contributed by atoms with Gasteiger partial charge in [-0.2, -0.15) is 0 Å². The second-order valence-electron chi connectivity index (χ2n) is 8.39. The van der Waals surface area contributed by atoms with Crippen LogP contribution < -0.4 is 5.32 Å². The van der Waals surface area contributed by atoms with Crippen molar-refractivity contribution in [2.45, 2.75) is 42.9 Å². The van der Waals surface area contributed by atoms with Crippen LogP contribution in [0.4, 0.5) is 15.2 Å². The van der Waals surface area contributed by atoms with Crippen LogP contribution in [-0.2, 0) is 4.79 Å². The molecule has 2 aromatic rings. The zero-order chi connectivity index (χ0) is 18.4. The Hall–Kier alpha value is -1.47. The van der Waals surface area contributed by atoms with E-state index >= 15 is 0 Å². The second kappa shape index (κ2) is 6.85. The molecule has 1 aromatic carbocycles. The lowest BCUT2D eigenvalue weighted by molar-refractivity contribution is -0.141. The minimum Gasteiger partial charge on any atom is -0.328 e. The zero-order valence-corrected chi connectivity index (χ0v) is 16.6. The number of hydrogen-bond acceptors (Lipinski definition) is 6. The van der Waals surface area contributed by atoms with Crippen molar-refractivity contribution >= 4 is 39.7 Å². The molecule has 7 heteroatoms. The van der Waals surface area contributed by atoms with Gasteiger partial charge in [0, 0.05) is 5.41 Å². The maximum atomic E-state index is 13.7. The minimum absolute atomic E-state index is 0.0549. The monoisotopic (exact) mass is 403 g/mol. The van der Waals surface area contributed by atoms with Gasteiger partial charge >= 0.3 is 0 Å². The average molecular weight is 404 g/mol. The molecular weight excluding hydrogens is 381 g/mol. The summed E-state index contributed by atoms with van der Waals surface area (Å²) in [6.07, 6.45) is 7.36. The van der Waals surface area contributed by atoms with Crippen LogP contribution in [0.3, 0.4) is 0 Å². The molecule has 1 N–H and O–H groups in total. The first kappa shape index (κ1) is 17.6. The molecule has 0 radical (unpaired) electrons. The average Bonchev–Trinajstić information content (AvgIpc) is 3.08. The molecule has 4 aliphatic rings. The van der Waals surface area contributed by atoms with Crippen LogP contribution in [0.5, 0.6) is 0 Å². The highest BCUT2D eigenvalue weighted by atomic mass is 32.2. The Bertz CT molecular complexity index is 833. The first-order valence-corrected chi connectivity index (χ1v) is 11.4. The topological polar surface area (TPSA) is 54.9 Å². The molecular formula is C20H22FN3OS2. The lowest BCUT2D eigenvalue weighted by Crippen LogP contribution is -2.50. The lowest BCUT2D eigenvalue weighted by Gasteiger charge is -2.56. The fraction of sp³-hybridized carbons (Fsp3) is 0.550. The molecule has 4 saturated carbocycles. The highest BCUT2D eigenvalue weighted by Gasteiger charge is 2.54. The van der Waals surface area contributed by atoms with Gasteiger partial charge in [0.15, 0.2) is 4.34 Å². The molecule has 4 bridgehead atoms. The Balaban J connectivity index is 1.22. The van der Waals surface area contributed by atoms with Crippen molar-refractivity contribution in [3.63, 3.8) is 0 Å². The van der Waals surface area contributed by atoms with Gasteiger partial charge in [-0.1, -0.05) is 35.2 Å². The Kier molecular flexibility index (Phi) is 4.47. The molecule has 0 unspecified atom stereocenters. The number of thioether (sulfide) groups is 1. The summed E-state index contributed by atoms with van der Waals surface area (Å²) in [4.78, 5) is 13.1. The fourth-order valence-corrected chi connectivity index (χ4v) is 7.53. The number of anilines is 2. The molecule has 142 valence electrons. The number of aromatic nitrogens is 2. The summed E-state index contributed by atoms with van der Waals surface area (Å²) >= 11 is 2.84. The largest absolute Gasteiger partial charge is 0.328 e. The number of carbonyl (C=O) groups excluding carboxylic acids is 1. The SMILES string of the molecule is O=C(CSc1nnc(Nc2ccccc2F)s1)C12CC3CC(CC(C3)C1)C2. The molecule has 1 heterocycles. The third kappa shape index (κ3) is 3.40. The van der Waals surface area contributed by atoms with Crippen LogP contribution in [-0.4, -0.2) is 21.7 Å². The van der Waals surface area contributed by atoms with Crippen LogP contribution in [0.2, 0.25) is 0 Å². The third-order valence-electron chi connectivity index (χ3n) is 6.48. The predicted molar refractivity (Wildman–Crippen MR) is 106 cm³/mol. The number of hydrogen-bond donors (Lipinski definition) is 1. The summed E-state index contributed by atoms with van der Waals surface area (Å²) in [5.41, 5.74) is 0.329. The van der Waals surface area contributed by atoms with Crippen molar-refractivity contribution in [3.05, 3.63) is 30.1 Å². The van der Waals surface area contributed by atoms with Gasteiger partial charge in [-0.05, 0) is 68.4 Å². The summed E-state index contributed by atoms with van der Waals surface area (Å²) < 4.78 is 14.5. The quantitative estimate of drug-likeness (QED) is 0.664. The van der Waals surface area contributed by atoms with Gasteiger partial charge < -0.3 is 5.32 Å². The minimum atomic E-state index is -0.320. The third-order valence-corrected chi connectivity index (χ3v) is 8.45. The van der Waals surface area contributed by atoms with Gasteiger partial charge in [0.1, 0.15) is 11.6 Å². The van der Waals surface area contributed by atoms with Gasteiger partial charge in [0.25, 0.3) is 0 Å². The number of benzene rings is 1. The number of rotatable bonds is 6. The van der Waals surface area contributed by atoms with E-state index in [2.05, 4.69) is 15.5 Å². The number of halogens is 1. The maximum absolute atomic E-state index is 13.7. The van der Waals surface area contributed by atoms with Crippen LogP contribution in [0.25, 0.3) is 0 Å². The van der Waals surface area contributed by atoms with Crippen molar-refractivity contribution in [3.8, 4) is 0 Å². The normalized spacial score (nSPS) is 31.2. The fourth-order valence-electron chi connectivity index (χ4n) is 5.73. The smallest absolute Gasteiger partial charge is 0.210 e. The number of Topliss-reactive ketones (excluding diaryl/α,β-unsaturated/α-hetero) is 1. The van der Waals surface area contributed by atoms with Crippen molar-refractivity contribution in [2.24, 2.45) is 23.2 Å². The van der Waals surface area contributed by atoms with Crippen molar-refractivity contribution in [1.82, 2.24) is 10.2 Å². The van der Waals surface area contributed by atoms with E-state index in [1.807, 2.05) is 0 Å². The number of carbonyl (C=O) groups is 1. The molecule has 0 atom stereocenters. The number of ketones is 1. The van der Waals surface area contributed by atoms with E-state index in [0.29, 0.717) is 22.4 Å². The van der Waals surface area contributed by atoms with Crippen molar-refractivity contribution in [1.29, 1.82) is 0 Å². The number of para-hydroxylation sites is 1. The van der Waals surface area contributed by atoms with E-state index < -0.39 is 0 Å². The summed E-state index contributed by atoms with van der Waals surface area (Å²) in [7, 11) is 0. The van der Waals surface area contributed by atoms with E-state index in [0.717, 1.165) is 41.4 Å². The maximum Gasteiger partial charge on any atom is 0.210 e. The Morgan fingerprint density at radius 1 is 1.15 bits per heavy atom. The first-order valence-electron chi connectivity index (χ1n) is 9.61. The van der Waals surface area contributed by atoms with Crippen LogP contribution in [0.1, 0.15) is 38.5 Å². The first-order chi connectivity index (χ1) is 13.1. The highest BCUT2D eigenvalue weighted by Crippen LogP contribution is 2.60. The van der Waals surface area contributed by atoms with E-state index in [4.69, 9.17) is 0 Å². The number of nitrogens with one attached hydrogen (secondary N) is 1. The van der Waals surface area contributed by atoms with Gasteiger partial charge in [-0.25, -0.2) is 4.39 Å². The molecule has 1 aromatic heterocycles. The Labute approximate surface area is 166 Å². The van der Waals surface area contributed by atoms with Crippen LogP contribution in [0, 0.1) is 29.0 Å². The molecule has 0 spiro atoms. The second-order valence-corrected chi connectivity index (χ2v) is 10.6. The van der Waals surface area contributed by atoms with Gasteiger partial charge in [-0.3, -0.25) is 4.79 Å². The zero-order valence-electron chi connectivity index (χ0n) is 15.0. The summed E-state index contributed by atoms with van der Waals surface area (Å²) in [5, 5.41) is 11.7. The standard InChI is InChI=1S/C20H22FN3OS2/c21-15-3-1-2-4-16(15)22-18-23-24-19(27-18)26-11-17(25)20-8-12-5-13(9-20)7-14(6-12)10-20/h1-4,12-14H,5-11H2,(H,22,23). The summed E-state index contributed by atoms with van der Waals surface area (Å²) in [6, 6.07) is 6.49.